The van der Waals surface area contributed by atoms with Gasteiger partial charge in [0.05, 0.1) is 0 Å². The number of rotatable bonds is 0. The molecule has 0 aliphatic carbocycles. The largest absolute Gasteiger partial charge is 3.00 e. The Labute approximate surface area is 42.9 Å². The van der Waals surface area contributed by atoms with Gasteiger partial charge in [-0.05, 0) is 0 Å². The Hall–Kier alpha value is 0.530. The van der Waals surface area contributed by atoms with Gasteiger partial charge in [-0.3, -0.25) is 0 Å². The molecule has 0 heterocycles. The second-order valence-corrected chi connectivity index (χ2v) is 0.214. The summed E-state index contributed by atoms with van der Waals surface area (Å²) in [7, 11) is 0. The topological polar surface area (TPSA) is 0 Å². The molecule has 0 bridgehead atoms. The van der Waals surface area contributed by atoms with Crippen molar-refractivity contribution in [3.8, 4) is 0 Å². The average Bonchev–Trinajstić information content (AvgIpc) is 0.811. The molecular formula is CAuF3+2. The van der Waals surface area contributed by atoms with E-state index in [-0.39, 0.29) is 22.4 Å². The van der Waals surface area contributed by atoms with Crippen LogP contribution in [0.3, 0.4) is 0 Å². The van der Waals surface area contributed by atoms with Gasteiger partial charge < -0.3 is 13.2 Å². The molecule has 34 valence electrons. The van der Waals surface area contributed by atoms with Gasteiger partial charge in [0.2, 0.25) is 0 Å². The Morgan fingerprint density at radius 1 is 1.00 bits per heavy atom. The van der Waals surface area contributed by atoms with E-state index in [1.54, 1.807) is 0 Å². The molecule has 4 heteroatoms. The van der Waals surface area contributed by atoms with Gasteiger partial charge >= 0.3 is 22.4 Å². The molecule has 0 aromatic rings. The van der Waals surface area contributed by atoms with Crippen LogP contribution in [0.5, 0.6) is 0 Å². The Kier molecular flexibility index (Phi) is 8.25. The van der Waals surface area contributed by atoms with E-state index in [0.717, 1.165) is 0 Å². The normalized spacial score (nSPS) is 7.20. The van der Waals surface area contributed by atoms with E-state index in [1.165, 1.54) is 0 Å². The van der Waals surface area contributed by atoms with E-state index in [1.807, 2.05) is 0 Å². The monoisotopic (exact) mass is 266 g/mol. The van der Waals surface area contributed by atoms with E-state index in [4.69, 9.17) is 0 Å². The zero-order chi connectivity index (χ0) is 3.58. The second-order valence-electron chi connectivity index (χ2n) is 0.214. The van der Waals surface area contributed by atoms with Crippen LogP contribution in [0.1, 0.15) is 0 Å². The van der Waals surface area contributed by atoms with Crippen molar-refractivity contribution >= 4 is 0 Å². The molecule has 0 spiro atoms. The van der Waals surface area contributed by atoms with Crippen LogP contribution in [0.15, 0.2) is 0 Å². The van der Waals surface area contributed by atoms with Crippen LogP contribution in [-0.4, -0.2) is 0 Å². The maximum Gasteiger partial charge on any atom is 3.00 e. The van der Waals surface area contributed by atoms with Crippen LogP contribution >= 0.6 is 0 Å². The standard InChI is InChI=1S/CF3.Au/c2-1(3)4;/q-1;+3. The first-order valence-corrected chi connectivity index (χ1v) is 0.567. The number of halogens is 3. The fourth-order valence-corrected chi connectivity index (χ4v) is 0. The Morgan fingerprint density at radius 2 is 1.00 bits per heavy atom. The minimum atomic E-state index is -3.08. The summed E-state index contributed by atoms with van der Waals surface area (Å²) in [5.41, 5.74) is 0. The molecule has 0 saturated heterocycles. The van der Waals surface area contributed by atoms with Gasteiger partial charge in [0.1, 0.15) is 0 Å². The molecule has 0 aromatic carbocycles. The number of hydrogen-bond acceptors (Lipinski definition) is 0. The Balaban J connectivity index is 0. The average molecular weight is 266 g/mol. The van der Waals surface area contributed by atoms with Crippen LogP contribution in [0.2, 0.25) is 0 Å². The van der Waals surface area contributed by atoms with Crippen LogP contribution in [0.25, 0.3) is 0 Å². The summed E-state index contributed by atoms with van der Waals surface area (Å²) < 4.78 is 28.8. The van der Waals surface area contributed by atoms with Gasteiger partial charge in [-0.2, -0.15) is 0 Å². The molecule has 0 aliphatic heterocycles. The third-order valence-corrected chi connectivity index (χ3v) is 0. The van der Waals surface area contributed by atoms with Crippen molar-refractivity contribution in [3.63, 3.8) is 0 Å². The minimum absolute atomic E-state index is 0. The first-order chi connectivity index (χ1) is 1.73. The first-order valence-electron chi connectivity index (χ1n) is 0.567. The van der Waals surface area contributed by atoms with E-state index in [0.29, 0.717) is 0 Å². The summed E-state index contributed by atoms with van der Waals surface area (Å²) in [6.07, 6.45) is 0. The van der Waals surface area contributed by atoms with Crippen LogP contribution in [0, 0.1) is 6.68 Å². The zero-order valence-electron chi connectivity index (χ0n) is 1.94. The van der Waals surface area contributed by atoms with E-state index in [9.17, 15) is 13.2 Å². The summed E-state index contributed by atoms with van der Waals surface area (Å²) in [5, 5.41) is 0. The summed E-state index contributed by atoms with van der Waals surface area (Å²) in [6.45, 7) is -3.08. The molecule has 0 saturated carbocycles. The van der Waals surface area contributed by atoms with Crippen LogP contribution in [0.4, 0.5) is 13.2 Å². The van der Waals surface area contributed by atoms with Crippen molar-refractivity contribution in [1.82, 2.24) is 0 Å². The summed E-state index contributed by atoms with van der Waals surface area (Å²) in [5.74, 6) is 0. The van der Waals surface area contributed by atoms with Crippen molar-refractivity contribution in [2.45, 2.75) is 0 Å². The predicted molar refractivity (Wildman–Crippen MR) is 6.57 cm³/mol. The molecule has 0 amide bonds. The molecule has 0 radical (unpaired) electrons. The van der Waals surface area contributed by atoms with Gasteiger partial charge in [-0.25, -0.2) is 0 Å². The summed E-state index contributed by atoms with van der Waals surface area (Å²) in [6, 6.07) is 0. The smallest absolute Gasteiger partial charge is 0.385 e. The molecule has 0 atom stereocenters. The Bertz CT molecular complexity index is 11.6. The van der Waals surface area contributed by atoms with Crippen molar-refractivity contribution in [1.29, 1.82) is 0 Å². The van der Waals surface area contributed by atoms with Crippen molar-refractivity contribution in [2.75, 3.05) is 0 Å². The molecule has 0 aliphatic rings. The Morgan fingerprint density at radius 3 is 1.00 bits per heavy atom. The fourth-order valence-electron chi connectivity index (χ4n) is 0. The van der Waals surface area contributed by atoms with E-state index in [2.05, 4.69) is 0 Å². The maximum atomic E-state index is 9.58. The molecule has 5 heavy (non-hydrogen) atoms. The SMILES string of the molecule is F[C-](F)F.[Au+3]. The van der Waals surface area contributed by atoms with E-state index >= 15 is 0 Å². The van der Waals surface area contributed by atoms with Gasteiger partial charge in [0.15, 0.2) is 6.68 Å². The van der Waals surface area contributed by atoms with E-state index < -0.39 is 6.68 Å². The number of hydrogen-bond donors (Lipinski definition) is 0. The predicted octanol–water partition coefficient (Wildman–Crippen LogP) is 1.34. The van der Waals surface area contributed by atoms with Crippen molar-refractivity contribution in [3.05, 3.63) is 6.68 Å². The van der Waals surface area contributed by atoms with Gasteiger partial charge in [0, 0.05) is 0 Å². The molecule has 0 N–H and O–H groups in total. The molecule has 0 nitrogen and oxygen atoms in total. The van der Waals surface area contributed by atoms with Crippen molar-refractivity contribution < 1.29 is 35.6 Å². The summed E-state index contributed by atoms with van der Waals surface area (Å²) >= 11 is 0. The summed E-state index contributed by atoms with van der Waals surface area (Å²) in [4.78, 5) is 0. The van der Waals surface area contributed by atoms with Crippen molar-refractivity contribution in [2.24, 2.45) is 0 Å². The third-order valence-electron chi connectivity index (χ3n) is 0. The molecule has 0 fully saturated rings. The fraction of sp³-hybridized carbons (Fsp3) is 0. The first kappa shape index (κ1) is 9.11. The molecule has 0 rings (SSSR count). The molecule has 0 aromatic heterocycles. The zero-order valence-corrected chi connectivity index (χ0v) is 4.10. The molecular weight excluding hydrogens is 266 g/mol. The second kappa shape index (κ2) is 4.53. The van der Waals surface area contributed by atoms with Crippen LogP contribution in [-0.2, 0) is 22.4 Å². The van der Waals surface area contributed by atoms with Gasteiger partial charge in [0.25, 0.3) is 0 Å². The third kappa shape index (κ3) is 103. The maximum absolute atomic E-state index is 9.58. The quantitative estimate of drug-likeness (QED) is 0.458. The minimum Gasteiger partial charge on any atom is -0.385 e. The van der Waals surface area contributed by atoms with Gasteiger partial charge in [-0.1, -0.05) is 0 Å². The molecule has 0 unspecified atom stereocenters. The van der Waals surface area contributed by atoms with Gasteiger partial charge in [-0.15, -0.1) is 0 Å². The van der Waals surface area contributed by atoms with Crippen LogP contribution < -0.4 is 0 Å².